The van der Waals surface area contributed by atoms with Gasteiger partial charge in [-0.05, 0) is 37.9 Å². The van der Waals surface area contributed by atoms with Gasteiger partial charge in [-0.25, -0.2) is 0 Å². The number of fused-ring (bicyclic) bond motifs is 1. The van der Waals surface area contributed by atoms with Crippen molar-refractivity contribution in [3.63, 3.8) is 0 Å². The maximum absolute atomic E-state index is 6.14. The average molecular weight is 255 g/mol. The van der Waals surface area contributed by atoms with E-state index in [1.165, 1.54) is 25.8 Å². The molecule has 1 atom stereocenters. The largest absolute Gasteiger partial charge is 0.398 e. The van der Waals surface area contributed by atoms with Crippen LogP contribution < -0.4 is 5.73 Å². The topological polar surface area (TPSA) is 42.1 Å². The molecule has 0 bridgehead atoms. The minimum Gasteiger partial charge on any atom is -0.398 e. The number of likely N-dealkylation sites (tertiary alicyclic amines) is 1. The van der Waals surface area contributed by atoms with Crippen LogP contribution in [0.1, 0.15) is 31.9 Å². The quantitative estimate of drug-likeness (QED) is 0.916. The van der Waals surface area contributed by atoms with Crippen molar-refractivity contribution in [3.05, 3.63) is 36.0 Å². The molecule has 19 heavy (non-hydrogen) atoms. The van der Waals surface area contributed by atoms with Crippen LogP contribution in [0.15, 0.2) is 30.3 Å². The molecule has 0 radical (unpaired) electrons. The fourth-order valence-electron chi connectivity index (χ4n) is 3.11. The van der Waals surface area contributed by atoms with Crippen molar-refractivity contribution < 1.29 is 0 Å². The Hall–Kier alpha value is -1.61. The number of aromatic nitrogens is 1. The predicted molar refractivity (Wildman–Crippen MR) is 79.9 cm³/mol. The highest BCUT2D eigenvalue weighted by Crippen LogP contribution is 2.24. The second-order valence-corrected chi connectivity index (χ2v) is 5.39. The Labute approximate surface area is 114 Å². The number of rotatable bonds is 3. The molecule has 1 fully saturated rings. The van der Waals surface area contributed by atoms with Gasteiger partial charge < -0.3 is 5.73 Å². The van der Waals surface area contributed by atoms with Crippen LogP contribution in [0.25, 0.3) is 10.9 Å². The number of nitrogen functional groups attached to an aromatic ring is 1. The summed E-state index contributed by atoms with van der Waals surface area (Å²) in [6.45, 7) is 4.38. The molecule has 3 nitrogen and oxygen atoms in total. The van der Waals surface area contributed by atoms with Gasteiger partial charge in [0.2, 0.25) is 0 Å². The van der Waals surface area contributed by atoms with Crippen LogP contribution in [0.3, 0.4) is 0 Å². The zero-order chi connectivity index (χ0) is 13.2. The van der Waals surface area contributed by atoms with Gasteiger partial charge in [0.25, 0.3) is 0 Å². The molecular formula is C16H21N3. The van der Waals surface area contributed by atoms with Crippen LogP contribution in [0, 0.1) is 0 Å². The first kappa shape index (κ1) is 12.4. The summed E-state index contributed by atoms with van der Waals surface area (Å²) in [5.41, 5.74) is 9.08. The number of nitrogens with zero attached hydrogens (tertiary/aromatic N) is 2. The Bertz CT molecular complexity index is 579. The lowest BCUT2D eigenvalue weighted by atomic mass is 10.1. The van der Waals surface area contributed by atoms with Gasteiger partial charge in [0, 0.05) is 23.7 Å². The predicted octanol–water partition coefficient (Wildman–Crippen LogP) is 3.19. The first-order valence-corrected chi connectivity index (χ1v) is 7.16. The van der Waals surface area contributed by atoms with Crippen molar-refractivity contribution >= 4 is 16.6 Å². The maximum atomic E-state index is 6.14. The third-order valence-corrected chi connectivity index (χ3v) is 4.14. The maximum Gasteiger partial charge on any atom is 0.0726 e. The van der Waals surface area contributed by atoms with E-state index in [0.29, 0.717) is 0 Å². The zero-order valence-corrected chi connectivity index (χ0v) is 11.5. The van der Waals surface area contributed by atoms with Crippen molar-refractivity contribution in [2.24, 2.45) is 0 Å². The Balaban J connectivity index is 1.89. The Morgan fingerprint density at radius 2 is 2.21 bits per heavy atom. The summed E-state index contributed by atoms with van der Waals surface area (Å²) < 4.78 is 0. The molecule has 0 spiro atoms. The molecule has 1 saturated heterocycles. The molecule has 2 heterocycles. The van der Waals surface area contributed by atoms with Gasteiger partial charge in [0.1, 0.15) is 0 Å². The number of pyridine rings is 1. The molecule has 1 aromatic heterocycles. The van der Waals surface area contributed by atoms with Crippen molar-refractivity contribution in [3.8, 4) is 0 Å². The number of benzene rings is 1. The molecule has 0 saturated carbocycles. The minimum atomic E-state index is 0.717. The van der Waals surface area contributed by atoms with Gasteiger partial charge in [-0.3, -0.25) is 9.88 Å². The summed E-state index contributed by atoms with van der Waals surface area (Å²) in [6, 6.07) is 10.8. The van der Waals surface area contributed by atoms with E-state index in [4.69, 9.17) is 10.7 Å². The highest BCUT2D eigenvalue weighted by Gasteiger charge is 2.23. The van der Waals surface area contributed by atoms with Gasteiger partial charge in [-0.2, -0.15) is 0 Å². The molecule has 1 unspecified atom stereocenters. The van der Waals surface area contributed by atoms with Crippen LogP contribution >= 0.6 is 0 Å². The number of hydrogen-bond acceptors (Lipinski definition) is 3. The first-order valence-electron chi connectivity index (χ1n) is 7.16. The highest BCUT2D eigenvalue weighted by molar-refractivity contribution is 5.90. The summed E-state index contributed by atoms with van der Waals surface area (Å²) in [4.78, 5) is 7.28. The highest BCUT2D eigenvalue weighted by atomic mass is 15.2. The van der Waals surface area contributed by atoms with Gasteiger partial charge in [-0.1, -0.05) is 25.1 Å². The van der Waals surface area contributed by atoms with Gasteiger partial charge >= 0.3 is 0 Å². The van der Waals surface area contributed by atoms with E-state index in [1.54, 1.807) is 0 Å². The SMILES string of the molecule is CCC1CCCN1Cc1cc(N)c2ccccc2n1. The van der Waals surface area contributed by atoms with Crippen LogP contribution in [0.4, 0.5) is 5.69 Å². The Morgan fingerprint density at radius 3 is 3.05 bits per heavy atom. The average Bonchev–Trinajstić information content (AvgIpc) is 2.86. The van der Waals surface area contributed by atoms with Gasteiger partial charge in [0.05, 0.1) is 11.2 Å². The van der Waals surface area contributed by atoms with E-state index in [1.807, 2.05) is 30.3 Å². The second kappa shape index (κ2) is 5.17. The molecule has 3 heteroatoms. The molecule has 0 amide bonds. The summed E-state index contributed by atoms with van der Waals surface area (Å²) in [5, 5.41) is 1.06. The first-order chi connectivity index (χ1) is 9.28. The number of hydrogen-bond donors (Lipinski definition) is 1. The van der Waals surface area contributed by atoms with E-state index in [9.17, 15) is 0 Å². The Morgan fingerprint density at radius 1 is 1.37 bits per heavy atom. The molecular weight excluding hydrogens is 234 g/mol. The minimum absolute atomic E-state index is 0.717. The van der Waals surface area contributed by atoms with Crippen molar-refractivity contribution in [1.29, 1.82) is 0 Å². The smallest absolute Gasteiger partial charge is 0.0726 e. The monoisotopic (exact) mass is 255 g/mol. The molecule has 1 aliphatic heterocycles. The fourth-order valence-corrected chi connectivity index (χ4v) is 3.11. The lowest BCUT2D eigenvalue weighted by molar-refractivity contribution is 0.237. The molecule has 2 N–H and O–H groups in total. The molecule has 1 aromatic carbocycles. The third-order valence-electron chi connectivity index (χ3n) is 4.14. The molecule has 3 rings (SSSR count). The lowest BCUT2D eigenvalue weighted by Crippen LogP contribution is -2.28. The van der Waals surface area contributed by atoms with Crippen LogP contribution in [-0.2, 0) is 6.54 Å². The zero-order valence-electron chi connectivity index (χ0n) is 11.5. The van der Waals surface area contributed by atoms with Crippen LogP contribution in [-0.4, -0.2) is 22.5 Å². The lowest BCUT2D eigenvalue weighted by Gasteiger charge is -2.23. The summed E-state index contributed by atoms with van der Waals surface area (Å²) in [7, 11) is 0. The number of nitrogens with two attached hydrogens (primary N) is 1. The number of anilines is 1. The van der Waals surface area contributed by atoms with E-state index in [2.05, 4.69) is 11.8 Å². The van der Waals surface area contributed by atoms with Gasteiger partial charge in [0.15, 0.2) is 0 Å². The van der Waals surface area contributed by atoms with Crippen molar-refractivity contribution in [2.75, 3.05) is 12.3 Å². The van der Waals surface area contributed by atoms with Crippen LogP contribution in [0.5, 0.6) is 0 Å². The molecule has 2 aromatic rings. The third kappa shape index (κ3) is 2.43. The van der Waals surface area contributed by atoms with E-state index in [0.717, 1.165) is 34.9 Å². The van der Waals surface area contributed by atoms with E-state index < -0.39 is 0 Å². The standard InChI is InChI=1S/C16H21N3/c1-2-13-6-5-9-19(13)11-12-10-15(17)14-7-3-4-8-16(14)18-12/h3-4,7-8,10,13H,2,5-6,9,11H2,1H3,(H2,17,18). The summed E-state index contributed by atoms with van der Waals surface area (Å²) in [5.74, 6) is 0. The number of para-hydroxylation sites is 1. The fraction of sp³-hybridized carbons (Fsp3) is 0.438. The normalized spacial score (nSPS) is 20.2. The molecule has 100 valence electrons. The summed E-state index contributed by atoms with van der Waals surface area (Å²) >= 11 is 0. The van der Waals surface area contributed by atoms with Crippen molar-refractivity contribution in [2.45, 2.75) is 38.8 Å². The van der Waals surface area contributed by atoms with Crippen molar-refractivity contribution in [1.82, 2.24) is 9.88 Å². The molecule has 0 aliphatic carbocycles. The summed E-state index contributed by atoms with van der Waals surface area (Å²) in [6.07, 6.45) is 3.85. The molecule has 1 aliphatic rings. The van der Waals surface area contributed by atoms with E-state index in [-0.39, 0.29) is 0 Å². The van der Waals surface area contributed by atoms with Gasteiger partial charge in [-0.15, -0.1) is 0 Å². The van der Waals surface area contributed by atoms with Crippen LogP contribution in [0.2, 0.25) is 0 Å². The second-order valence-electron chi connectivity index (χ2n) is 5.39. The van der Waals surface area contributed by atoms with E-state index >= 15 is 0 Å². The Kier molecular flexibility index (Phi) is 3.38.